The van der Waals surface area contributed by atoms with Gasteiger partial charge in [-0.25, -0.2) is 9.97 Å². The fraction of sp³-hybridized carbons (Fsp3) is 0.118. The maximum absolute atomic E-state index is 11.1. The maximum Gasteiger partial charge on any atom is 0.242 e. The van der Waals surface area contributed by atoms with Gasteiger partial charge in [0.2, 0.25) is 11.9 Å². The van der Waals surface area contributed by atoms with Crippen molar-refractivity contribution >= 4 is 22.8 Å². The van der Waals surface area contributed by atoms with Crippen LogP contribution in [-0.4, -0.2) is 15.9 Å². The molecule has 2 N–H and O–H groups in total. The molecule has 0 aliphatic heterocycles. The Bertz CT molecular complexity index is 831. The molecule has 0 radical (unpaired) electrons. The van der Waals surface area contributed by atoms with Crippen LogP contribution in [0, 0.1) is 6.92 Å². The van der Waals surface area contributed by atoms with Crippen LogP contribution < -0.4 is 10.9 Å². The van der Waals surface area contributed by atoms with Crippen molar-refractivity contribution in [1.82, 2.24) is 15.4 Å². The Labute approximate surface area is 128 Å². The first-order chi connectivity index (χ1) is 10.6. The number of benzene rings is 2. The molecule has 0 fully saturated rings. The summed E-state index contributed by atoms with van der Waals surface area (Å²) in [5.41, 5.74) is 9.06. The lowest BCUT2D eigenvalue weighted by atomic mass is 10.0. The number of fused-ring (bicyclic) bond motifs is 1. The van der Waals surface area contributed by atoms with Gasteiger partial charge in [0, 0.05) is 17.9 Å². The van der Waals surface area contributed by atoms with Gasteiger partial charge in [0.1, 0.15) is 0 Å². The Kier molecular flexibility index (Phi) is 3.70. The van der Waals surface area contributed by atoms with E-state index in [9.17, 15) is 4.79 Å². The maximum atomic E-state index is 11.1. The fourth-order valence-corrected chi connectivity index (χ4v) is 2.26. The van der Waals surface area contributed by atoms with Crippen molar-refractivity contribution in [3.8, 4) is 11.3 Å². The minimum atomic E-state index is -0.200. The van der Waals surface area contributed by atoms with Gasteiger partial charge in [0.05, 0.1) is 11.2 Å². The summed E-state index contributed by atoms with van der Waals surface area (Å²) in [6.07, 6.45) is 0. The Balaban J connectivity index is 2.17. The second-order valence-corrected chi connectivity index (χ2v) is 5.09. The second kappa shape index (κ2) is 5.81. The van der Waals surface area contributed by atoms with E-state index in [0.717, 1.165) is 27.7 Å². The highest BCUT2D eigenvalue weighted by molar-refractivity contribution is 5.93. The zero-order valence-electron chi connectivity index (χ0n) is 12.4. The van der Waals surface area contributed by atoms with Crippen molar-refractivity contribution < 1.29 is 4.79 Å². The molecule has 0 saturated heterocycles. The zero-order valence-corrected chi connectivity index (χ0v) is 12.4. The third-order valence-corrected chi connectivity index (χ3v) is 3.25. The second-order valence-electron chi connectivity index (χ2n) is 5.09. The number of carbonyl (C=O) groups excluding carboxylic acids is 1. The number of hydrazine groups is 1. The number of aromatic nitrogens is 2. The lowest BCUT2D eigenvalue weighted by Gasteiger charge is -2.11. The Morgan fingerprint density at radius 2 is 1.82 bits per heavy atom. The summed E-state index contributed by atoms with van der Waals surface area (Å²) in [6.45, 7) is 3.47. The third kappa shape index (κ3) is 2.88. The first kappa shape index (κ1) is 14.0. The van der Waals surface area contributed by atoms with Crippen molar-refractivity contribution in [3.05, 3.63) is 54.1 Å². The van der Waals surface area contributed by atoms with Gasteiger partial charge in [0.15, 0.2) is 0 Å². The smallest absolute Gasteiger partial charge is 0.242 e. The summed E-state index contributed by atoms with van der Waals surface area (Å²) in [7, 11) is 0. The number of rotatable bonds is 3. The molecule has 0 atom stereocenters. The van der Waals surface area contributed by atoms with Crippen LogP contribution in [-0.2, 0) is 4.79 Å². The molecule has 0 spiro atoms. The molecule has 5 nitrogen and oxygen atoms in total. The quantitative estimate of drug-likeness (QED) is 0.728. The highest BCUT2D eigenvalue weighted by Gasteiger charge is 2.10. The number of carbonyl (C=O) groups is 1. The van der Waals surface area contributed by atoms with E-state index in [2.05, 4.69) is 26.9 Å². The molecule has 0 unspecified atom stereocenters. The third-order valence-electron chi connectivity index (χ3n) is 3.25. The summed E-state index contributed by atoms with van der Waals surface area (Å²) in [6, 6.07) is 16.0. The number of anilines is 1. The highest BCUT2D eigenvalue weighted by Crippen LogP contribution is 2.27. The number of nitrogens with zero attached hydrogens (tertiary/aromatic N) is 2. The monoisotopic (exact) mass is 292 g/mol. The van der Waals surface area contributed by atoms with E-state index in [-0.39, 0.29) is 5.91 Å². The topological polar surface area (TPSA) is 66.9 Å². The predicted octanol–water partition coefficient (Wildman–Crippen LogP) is 3.07. The molecule has 0 saturated carbocycles. The van der Waals surface area contributed by atoms with Gasteiger partial charge in [-0.15, -0.1) is 0 Å². The molecule has 0 bridgehead atoms. The van der Waals surface area contributed by atoms with Gasteiger partial charge in [-0.1, -0.05) is 42.0 Å². The lowest BCUT2D eigenvalue weighted by Crippen LogP contribution is -2.27. The molecule has 110 valence electrons. The van der Waals surface area contributed by atoms with Crippen molar-refractivity contribution in [2.24, 2.45) is 0 Å². The minimum Gasteiger partial charge on any atom is -0.274 e. The van der Waals surface area contributed by atoms with Gasteiger partial charge in [-0.2, -0.15) is 0 Å². The summed E-state index contributed by atoms with van der Waals surface area (Å²) in [5.74, 6) is 0.166. The number of nitrogens with one attached hydrogen (secondary N) is 2. The minimum absolute atomic E-state index is 0.200. The van der Waals surface area contributed by atoms with E-state index in [4.69, 9.17) is 0 Å². The van der Waals surface area contributed by atoms with Crippen molar-refractivity contribution in [2.45, 2.75) is 13.8 Å². The van der Waals surface area contributed by atoms with Gasteiger partial charge in [0.25, 0.3) is 0 Å². The molecule has 1 heterocycles. The summed E-state index contributed by atoms with van der Waals surface area (Å²) >= 11 is 0. The van der Waals surface area contributed by atoms with Crippen molar-refractivity contribution in [1.29, 1.82) is 0 Å². The molecule has 3 rings (SSSR count). The van der Waals surface area contributed by atoms with Crippen molar-refractivity contribution in [3.63, 3.8) is 0 Å². The Morgan fingerprint density at radius 1 is 1.05 bits per heavy atom. The van der Waals surface area contributed by atoms with Crippen molar-refractivity contribution in [2.75, 3.05) is 5.43 Å². The number of hydrogen-bond donors (Lipinski definition) is 2. The van der Waals surface area contributed by atoms with Gasteiger partial charge in [-0.3, -0.25) is 15.6 Å². The molecule has 2 aromatic carbocycles. The predicted molar refractivity (Wildman–Crippen MR) is 87.2 cm³/mol. The highest BCUT2D eigenvalue weighted by atomic mass is 16.2. The molecule has 22 heavy (non-hydrogen) atoms. The average Bonchev–Trinajstić information content (AvgIpc) is 2.53. The molecule has 1 aromatic heterocycles. The van der Waals surface area contributed by atoms with E-state index in [1.54, 1.807) is 0 Å². The van der Waals surface area contributed by atoms with Gasteiger partial charge >= 0.3 is 0 Å². The average molecular weight is 292 g/mol. The largest absolute Gasteiger partial charge is 0.274 e. The van der Waals surface area contributed by atoms with E-state index in [1.807, 2.05) is 49.4 Å². The first-order valence-corrected chi connectivity index (χ1v) is 7.00. The Morgan fingerprint density at radius 3 is 2.55 bits per heavy atom. The summed E-state index contributed by atoms with van der Waals surface area (Å²) in [4.78, 5) is 20.0. The van der Waals surface area contributed by atoms with Gasteiger partial charge in [-0.05, 0) is 19.1 Å². The van der Waals surface area contributed by atoms with Gasteiger partial charge < -0.3 is 0 Å². The number of hydrogen-bond acceptors (Lipinski definition) is 4. The molecule has 3 aromatic rings. The van der Waals surface area contributed by atoms with Crippen LogP contribution in [0.3, 0.4) is 0 Å². The summed E-state index contributed by atoms with van der Waals surface area (Å²) < 4.78 is 0. The molecule has 0 aliphatic carbocycles. The van der Waals surface area contributed by atoms with Crippen LogP contribution in [0.25, 0.3) is 22.2 Å². The zero-order chi connectivity index (χ0) is 15.5. The van der Waals surface area contributed by atoms with Crippen LogP contribution in [0.5, 0.6) is 0 Å². The van der Waals surface area contributed by atoms with Crippen LogP contribution in [0.2, 0.25) is 0 Å². The van der Waals surface area contributed by atoms with Crippen LogP contribution >= 0.6 is 0 Å². The van der Waals surface area contributed by atoms with Crippen LogP contribution in [0.1, 0.15) is 12.5 Å². The van der Waals surface area contributed by atoms with Crippen LogP contribution in [0.15, 0.2) is 48.5 Å². The molecule has 0 aliphatic rings. The van der Waals surface area contributed by atoms with E-state index in [1.165, 1.54) is 6.92 Å². The number of amides is 1. The van der Waals surface area contributed by atoms with E-state index < -0.39 is 0 Å². The Hall–Kier alpha value is -2.95. The first-order valence-electron chi connectivity index (χ1n) is 7.00. The molecular weight excluding hydrogens is 276 g/mol. The number of aryl methyl sites for hydroxylation is 1. The van der Waals surface area contributed by atoms with E-state index in [0.29, 0.717) is 5.95 Å². The van der Waals surface area contributed by atoms with Crippen LogP contribution in [0.4, 0.5) is 5.95 Å². The molecule has 1 amide bonds. The van der Waals surface area contributed by atoms with E-state index >= 15 is 0 Å². The molecule has 5 heteroatoms. The normalized spacial score (nSPS) is 10.5. The SMILES string of the molecule is CC(=O)NNc1nc(-c2ccccc2)c2cc(C)ccc2n1. The fourth-order valence-electron chi connectivity index (χ4n) is 2.26. The standard InChI is InChI=1S/C17H16N4O/c1-11-8-9-15-14(10-11)16(13-6-4-3-5-7-13)19-17(18-15)21-20-12(2)22/h3-10H,1-2H3,(H,20,22)(H,18,19,21). The molecular formula is C17H16N4O. The lowest BCUT2D eigenvalue weighted by molar-refractivity contribution is -0.118. The summed E-state index contributed by atoms with van der Waals surface area (Å²) in [5, 5.41) is 0.986.